The minimum atomic E-state index is -4.41. The molecule has 1 atom stereocenters. The minimum absolute atomic E-state index is 0. The fourth-order valence-corrected chi connectivity index (χ4v) is 9.52. The summed E-state index contributed by atoms with van der Waals surface area (Å²) in [5.41, 5.74) is 20.0. The van der Waals surface area contributed by atoms with Crippen LogP contribution in [-0.4, -0.2) is 3.21 Å². The van der Waals surface area contributed by atoms with E-state index in [-0.39, 0.29) is 24.8 Å². The van der Waals surface area contributed by atoms with Gasteiger partial charge in [-0.05, 0) is 75.8 Å². The molecule has 2 aliphatic carbocycles. The van der Waals surface area contributed by atoms with Crippen LogP contribution in [0, 0.1) is 65.0 Å². The summed E-state index contributed by atoms with van der Waals surface area (Å²) in [6, 6.07) is 33.6. The van der Waals surface area contributed by atoms with Crippen molar-refractivity contribution in [3.63, 3.8) is 0 Å². The normalized spacial score (nSPS) is 13.8. The zero-order valence-electron chi connectivity index (χ0n) is 39.0. The molecule has 0 N–H and O–H groups in total. The fraction of sp³-hybridized carbons (Fsp3) is 0.281. The third kappa shape index (κ3) is 12.8. The van der Waals surface area contributed by atoms with Crippen molar-refractivity contribution in [3.05, 3.63) is 200 Å². The van der Waals surface area contributed by atoms with Crippen LogP contribution in [0.3, 0.4) is 0 Å². The number of allylic oxidation sites excluding steroid dienone is 4. The molecule has 6 aromatic carbocycles. The van der Waals surface area contributed by atoms with Crippen LogP contribution in [0.2, 0.25) is 0 Å². The van der Waals surface area contributed by atoms with E-state index in [2.05, 4.69) is 148 Å². The van der Waals surface area contributed by atoms with Crippen molar-refractivity contribution in [2.24, 2.45) is 11.3 Å². The summed E-state index contributed by atoms with van der Waals surface area (Å²) >= 11 is 0.898. The molecule has 344 valence electrons. The molecule has 0 bridgehead atoms. The number of hydrogen-bond acceptors (Lipinski definition) is 0. The van der Waals surface area contributed by atoms with Gasteiger partial charge in [0.1, 0.15) is 0 Å². The maximum Gasteiger partial charge on any atom is -1.00 e. The van der Waals surface area contributed by atoms with Crippen LogP contribution >= 0.6 is 0 Å². The Morgan fingerprint density at radius 3 is 1.47 bits per heavy atom. The average Bonchev–Trinajstić information content (AvgIpc) is 3.85. The molecule has 0 nitrogen and oxygen atoms in total. The summed E-state index contributed by atoms with van der Waals surface area (Å²) in [5, 5.41) is 0. The van der Waals surface area contributed by atoms with Crippen LogP contribution in [-0.2, 0) is 43.0 Å². The van der Waals surface area contributed by atoms with Gasteiger partial charge in [0.15, 0.2) is 0 Å². The Balaban J connectivity index is 0.000000238. The third-order valence-electron chi connectivity index (χ3n) is 11.8. The van der Waals surface area contributed by atoms with E-state index in [0.29, 0.717) is 25.7 Å². The van der Waals surface area contributed by atoms with Gasteiger partial charge in [-0.25, -0.2) is 6.08 Å². The van der Waals surface area contributed by atoms with E-state index >= 15 is 0 Å². The number of benzene rings is 6. The third-order valence-corrected chi connectivity index (χ3v) is 13.3. The molecular formula is C57H54Cl2F6Zr-2. The second-order valence-electron chi connectivity index (χ2n) is 18.1. The van der Waals surface area contributed by atoms with E-state index in [0.717, 1.165) is 54.9 Å². The zero-order valence-corrected chi connectivity index (χ0v) is 43.0. The summed E-state index contributed by atoms with van der Waals surface area (Å²) in [4.78, 5) is 0. The number of hydrogen-bond donors (Lipinski definition) is 0. The Morgan fingerprint density at radius 1 is 0.606 bits per heavy atom. The molecular weight excluding hydrogens is 961 g/mol. The van der Waals surface area contributed by atoms with Gasteiger partial charge < -0.3 is 24.8 Å². The Kier molecular flexibility index (Phi) is 17.9. The Bertz CT molecular complexity index is 2540. The van der Waals surface area contributed by atoms with E-state index in [1.54, 1.807) is 0 Å². The van der Waals surface area contributed by atoms with Gasteiger partial charge in [0.25, 0.3) is 0 Å². The van der Waals surface area contributed by atoms with Crippen LogP contribution < -0.4 is 24.8 Å². The first-order valence-corrected chi connectivity index (χ1v) is 22.8. The first kappa shape index (κ1) is 54.3. The van der Waals surface area contributed by atoms with Crippen molar-refractivity contribution in [1.29, 1.82) is 0 Å². The van der Waals surface area contributed by atoms with Crippen LogP contribution in [0.1, 0.15) is 101 Å². The van der Waals surface area contributed by atoms with Gasteiger partial charge in [0.2, 0.25) is 0 Å². The molecule has 0 saturated carbocycles. The number of halogens is 8. The van der Waals surface area contributed by atoms with E-state index in [1.165, 1.54) is 114 Å². The van der Waals surface area contributed by atoms with E-state index in [1.807, 2.05) is 0 Å². The topological polar surface area (TPSA) is 0 Å². The molecule has 1 unspecified atom stereocenters. The minimum Gasteiger partial charge on any atom is -1.00 e. The second kappa shape index (κ2) is 21.8. The molecule has 0 radical (unpaired) electrons. The van der Waals surface area contributed by atoms with Crippen molar-refractivity contribution < 1.29 is 75.4 Å². The standard InChI is InChI=1S/C31H29.C15H8F6.C11H17.2ClH.Zr/c1-18-11-20(3)30(21(4)12-18)24-7-9-28-26(15-24)17-27-16-25(8-10-29(27)28)31-22(5)13-19(2)14-23(31)6;16-14(17,18)12-5-1-10(2-6-12)9-11-3-7-13(8-4-11)15(19,20)21;1-5-9-6-7-10(8-9)11(2,3)4;;;/h7-15H,17H2,1-6H3;1-8H;7-9H,5H2,1-4H3;2*1H;/q-1;;-1;;;+2/p-2. The van der Waals surface area contributed by atoms with Gasteiger partial charge in [-0.15, -0.1) is 29.3 Å². The van der Waals surface area contributed by atoms with Gasteiger partial charge in [0.05, 0.1) is 0 Å². The molecule has 8 rings (SSSR count). The molecule has 0 heterocycles. The summed E-state index contributed by atoms with van der Waals surface area (Å²) in [6.07, 6.45) is 1.14. The van der Waals surface area contributed by atoms with E-state index in [9.17, 15) is 26.3 Å². The maximum absolute atomic E-state index is 12.5. The van der Waals surface area contributed by atoms with Gasteiger partial charge in [-0.1, -0.05) is 127 Å². The molecule has 0 aromatic heterocycles. The number of aryl methyl sites for hydroxylation is 6. The smallest absolute Gasteiger partial charge is 1.00 e. The predicted molar refractivity (Wildman–Crippen MR) is 248 cm³/mol. The van der Waals surface area contributed by atoms with Crippen LogP contribution in [0.15, 0.2) is 121 Å². The molecule has 6 aromatic rings. The summed E-state index contributed by atoms with van der Waals surface area (Å²) < 4.78 is 75.6. The summed E-state index contributed by atoms with van der Waals surface area (Å²) in [6.45, 7) is 22.2. The van der Waals surface area contributed by atoms with Gasteiger partial charge in [-0.2, -0.15) is 11.6 Å². The number of alkyl halides is 6. The SMILES string of the molecule is CCC1[C-]=CC(C(C)(C)C)=C1.Cc1cc(C)c(-c2[c-]c3c(cc2)-c2ccc(-c4c(C)cc(C)cc4C)cc2C3)c(C)c1.FC(F)(F)c1ccc([C](=[Zr+2])c2ccc(C(F)(F)F)cc2)cc1.[Cl-].[Cl-]. The Labute approximate surface area is 414 Å². The fourth-order valence-electron chi connectivity index (χ4n) is 8.70. The monoisotopic (exact) mass is 1010 g/mol. The van der Waals surface area contributed by atoms with Crippen molar-refractivity contribution in [2.45, 2.75) is 94.4 Å². The molecule has 0 aliphatic heterocycles. The second-order valence-corrected chi connectivity index (χ2v) is 19.3. The van der Waals surface area contributed by atoms with Gasteiger partial charge in [-0.3, -0.25) is 6.08 Å². The quantitative estimate of drug-likeness (QED) is 0.119. The first-order chi connectivity index (χ1) is 29.9. The number of rotatable bonds is 5. The average molecular weight is 1020 g/mol. The molecule has 2 aliphatic rings. The number of fused-ring (bicyclic) bond motifs is 3. The molecule has 0 saturated heterocycles. The van der Waals surface area contributed by atoms with Crippen molar-refractivity contribution in [2.75, 3.05) is 0 Å². The molecule has 66 heavy (non-hydrogen) atoms. The molecule has 0 spiro atoms. The molecule has 0 fully saturated rings. The van der Waals surface area contributed by atoms with Crippen molar-refractivity contribution >= 4 is 3.21 Å². The summed E-state index contributed by atoms with van der Waals surface area (Å²) in [7, 11) is 0. The van der Waals surface area contributed by atoms with E-state index < -0.39 is 23.5 Å². The Hall–Kier alpha value is -4.29. The van der Waals surface area contributed by atoms with Crippen molar-refractivity contribution in [3.8, 4) is 33.4 Å². The van der Waals surface area contributed by atoms with E-state index in [4.69, 9.17) is 0 Å². The molecule has 0 amide bonds. The molecule has 9 heteroatoms. The van der Waals surface area contributed by atoms with Crippen LogP contribution in [0.4, 0.5) is 26.3 Å². The first-order valence-electron chi connectivity index (χ1n) is 21.5. The van der Waals surface area contributed by atoms with Crippen LogP contribution in [0.25, 0.3) is 33.4 Å². The maximum atomic E-state index is 12.5. The van der Waals surface area contributed by atoms with Gasteiger partial charge in [0, 0.05) is 0 Å². The predicted octanol–water partition coefficient (Wildman–Crippen LogP) is 10.4. The van der Waals surface area contributed by atoms with Crippen molar-refractivity contribution in [1.82, 2.24) is 0 Å². The zero-order chi connectivity index (χ0) is 46.9. The van der Waals surface area contributed by atoms with Crippen LogP contribution in [0.5, 0.6) is 0 Å². The summed E-state index contributed by atoms with van der Waals surface area (Å²) in [5.74, 6) is 0.573. The Morgan fingerprint density at radius 2 is 1.06 bits per heavy atom. The largest absolute Gasteiger partial charge is 1.00 e. The van der Waals surface area contributed by atoms with Gasteiger partial charge >= 0.3 is 137 Å².